The van der Waals surface area contributed by atoms with Gasteiger partial charge in [0, 0.05) is 19.5 Å². The van der Waals surface area contributed by atoms with E-state index in [1.54, 1.807) is 0 Å². The van der Waals surface area contributed by atoms with Crippen molar-refractivity contribution in [3.63, 3.8) is 0 Å². The molecule has 0 aromatic carbocycles. The first-order valence-corrected chi connectivity index (χ1v) is 5.22. The molecule has 0 spiro atoms. The minimum absolute atomic E-state index is 0.110. The molecule has 1 saturated heterocycles. The highest BCUT2D eigenvalue weighted by molar-refractivity contribution is 5.90. The number of hydrogen-bond donors (Lipinski definition) is 1. The number of carbonyl (C=O) groups is 2. The summed E-state index contributed by atoms with van der Waals surface area (Å²) in [6.07, 6.45) is 4.11. The first kappa shape index (κ1) is 9.49. The van der Waals surface area contributed by atoms with Crippen LogP contribution in [0, 0.1) is 5.41 Å². The van der Waals surface area contributed by atoms with E-state index in [2.05, 4.69) is 0 Å². The second kappa shape index (κ2) is 3.26. The molecular weight excluding hydrogens is 180 g/mol. The number of nitrogens with zero attached hydrogens (tertiary/aromatic N) is 1. The van der Waals surface area contributed by atoms with Gasteiger partial charge in [0.2, 0.25) is 11.8 Å². The fraction of sp³-hybridized carbons (Fsp3) is 0.800. The van der Waals surface area contributed by atoms with Crippen LogP contribution in [0.1, 0.15) is 32.1 Å². The molecule has 0 aromatic rings. The van der Waals surface area contributed by atoms with Crippen molar-refractivity contribution in [3.05, 3.63) is 0 Å². The van der Waals surface area contributed by atoms with Gasteiger partial charge in [0.1, 0.15) is 0 Å². The number of rotatable bonds is 3. The highest BCUT2D eigenvalue weighted by atomic mass is 16.2. The molecule has 1 saturated carbocycles. The van der Waals surface area contributed by atoms with Gasteiger partial charge in [-0.15, -0.1) is 0 Å². The SMILES string of the molecule is NC(=O)C1(CC(=O)N2CCCC2)CC1. The molecule has 0 radical (unpaired) electrons. The molecule has 14 heavy (non-hydrogen) atoms. The fourth-order valence-electron chi connectivity index (χ4n) is 2.03. The first-order valence-electron chi connectivity index (χ1n) is 5.22. The minimum Gasteiger partial charge on any atom is -0.369 e. The second-order valence-electron chi connectivity index (χ2n) is 4.41. The summed E-state index contributed by atoms with van der Waals surface area (Å²) in [7, 11) is 0. The maximum Gasteiger partial charge on any atom is 0.224 e. The van der Waals surface area contributed by atoms with Crippen LogP contribution in [0.15, 0.2) is 0 Å². The van der Waals surface area contributed by atoms with Crippen molar-refractivity contribution in [2.24, 2.45) is 11.1 Å². The zero-order valence-corrected chi connectivity index (χ0v) is 8.29. The molecule has 2 amide bonds. The lowest BCUT2D eigenvalue weighted by Gasteiger charge is -2.18. The van der Waals surface area contributed by atoms with Gasteiger partial charge in [-0.2, -0.15) is 0 Å². The molecule has 4 nitrogen and oxygen atoms in total. The van der Waals surface area contributed by atoms with Gasteiger partial charge in [0.05, 0.1) is 5.41 Å². The average Bonchev–Trinajstić information content (AvgIpc) is 2.74. The lowest BCUT2D eigenvalue weighted by atomic mass is 10.0. The van der Waals surface area contributed by atoms with Crippen LogP contribution in [-0.2, 0) is 9.59 Å². The van der Waals surface area contributed by atoms with Crippen molar-refractivity contribution in [1.82, 2.24) is 4.90 Å². The van der Waals surface area contributed by atoms with E-state index in [0.717, 1.165) is 38.8 Å². The van der Waals surface area contributed by atoms with Crippen LogP contribution < -0.4 is 5.73 Å². The van der Waals surface area contributed by atoms with Crippen LogP contribution in [0.2, 0.25) is 0 Å². The predicted octanol–water partition coefficient (Wildman–Crippen LogP) is 0.264. The zero-order valence-electron chi connectivity index (χ0n) is 8.29. The predicted molar refractivity (Wildman–Crippen MR) is 51.3 cm³/mol. The topological polar surface area (TPSA) is 63.4 Å². The molecule has 0 atom stereocenters. The molecular formula is C10H16N2O2. The minimum atomic E-state index is -0.473. The first-order chi connectivity index (χ1) is 6.64. The molecule has 2 rings (SSSR count). The quantitative estimate of drug-likeness (QED) is 0.704. The molecule has 78 valence electrons. The molecule has 0 aromatic heterocycles. The smallest absolute Gasteiger partial charge is 0.224 e. The molecule has 1 aliphatic heterocycles. The summed E-state index contributed by atoms with van der Waals surface area (Å²) in [6.45, 7) is 1.71. The summed E-state index contributed by atoms with van der Waals surface area (Å²) >= 11 is 0. The summed E-state index contributed by atoms with van der Waals surface area (Å²) in [6, 6.07) is 0. The maximum absolute atomic E-state index is 11.7. The van der Waals surface area contributed by atoms with Crippen LogP contribution in [0.4, 0.5) is 0 Å². The molecule has 2 N–H and O–H groups in total. The third-order valence-corrected chi connectivity index (χ3v) is 3.32. The Morgan fingerprint density at radius 3 is 2.21 bits per heavy atom. The van der Waals surface area contributed by atoms with E-state index < -0.39 is 5.41 Å². The standard InChI is InChI=1S/C10H16N2O2/c11-9(14)10(3-4-10)7-8(13)12-5-1-2-6-12/h1-7H2,(H2,11,14). The maximum atomic E-state index is 11.7. The molecule has 1 heterocycles. The average molecular weight is 196 g/mol. The number of primary amides is 1. The van der Waals surface area contributed by atoms with Gasteiger partial charge >= 0.3 is 0 Å². The summed E-state index contributed by atoms with van der Waals surface area (Å²) in [5.41, 5.74) is 4.80. The third kappa shape index (κ3) is 1.61. The van der Waals surface area contributed by atoms with Crippen molar-refractivity contribution >= 4 is 11.8 Å². The van der Waals surface area contributed by atoms with Crippen molar-refractivity contribution in [1.29, 1.82) is 0 Å². The van der Waals surface area contributed by atoms with E-state index in [1.807, 2.05) is 4.90 Å². The molecule has 2 fully saturated rings. The fourth-order valence-corrected chi connectivity index (χ4v) is 2.03. The molecule has 2 aliphatic rings. The second-order valence-corrected chi connectivity index (χ2v) is 4.41. The summed E-state index contributed by atoms with van der Waals surface area (Å²) < 4.78 is 0. The van der Waals surface area contributed by atoms with Gasteiger partial charge in [-0.25, -0.2) is 0 Å². The Bertz CT molecular complexity index is 265. The van der Waals surface area contributed by atoms with Gasteiger partial charge in [-0.1, -0.05) is 0 Å². The Morgan fingerprint density at radius 1 is 1.21 bits per heavy atom. The highest BCUT2D eigenvalue weighted by Gasteiger charge is 2.50. The van der Waals surface area contributed by atoms with Gasteiger partial charge in [0.25, 0.3) is 0 Å². The molecule has 4 heteroatoms. The number of hydrogen-bond acceptors (Lipinski definition) is 2. The number of nitrogens with two attached hydrogens (primary N) is 1. The van der Waals surface area contributed by atoms with E-state index in [-0.39, 0.29) is 11.8 Å². The summed E-state index contributed by atoms with van der Waals surface area (Å²) in [4.78, 5) is 24.7. The Hall–Kier alpha value is -1.06. The van der Waals surface area contributed by atoms with Crippen LogP contribution in [0.25, 0.3) is 0 Å². The molecule has 0 bridgehead atoms. The summed E-state index contributed by atoms with van der Waals surface area (Å²) in [5, 5.41) is 0. The van der Waals surface area contributed by atoms with Crippen molar-refractivity contribution in [3.8, 4) is 0 Å². The summed E-state index contributed by atoms with van der Waals surface area (Å²) in [5.74, 6) is -0.191. The van der Waals surface area contributed by atoms with Crippen LogP contribution in [0.3, 0.4) is 0 Å². The lowest BCUT2D eigenvalue weighted by molar-refractivity contribution is -0.135. The van der Waals surface area contributed by atoms with E-state index >= 15 is 0 Å². The van der Waals surface area contributed by atoms with Gasteiger partial charge in [-0.05, 0) is 25.7 Å². The Balaban J connectivity index is 1.91. The third-order valence-electron chi connectivity index (χ3n) is 3.32. The normalized spacial score (nSPS) is 23.6. The highest BCUT2D eigenvalue weighted by Crippen LogP contribution is 2.48. The van der Waals surface area contributed by atoms with Gasteiger partial charge in [0.15, 0.2) is 0 Å². The zero-order chi connectivity index (χ0) is 10.2. The molecule has 1 aliphatic carbocycles. The van der Waals surface area contributed by atoms with Crippen LogP contribution in [-0.4, -0.2) is 29.8 Å². The Morgan fingerprint density at radius 2 is 1.79 bits per heavy atom. The van der Waals surface area contributed by atoms with Gasteiger partial charge in [-0.3, -0.25) is 9.59 Å². The van der Waals surface area contributed by atoms with Crippen LogP contribution in [0.5, 0.6) is 0 Å². The van der Waals surface area contributed by atoms with E-state index in [1.165, 1.54) is 0 Å². The Labute approximate surface area is 83.4 Å². The Kier molecular flexibility index (Phi) is 2.21. The van der Waals surface area contributed by atoms with Gasteiger partial charge < -0.3 is 10.6 Å². The number of likely N-dealkylation sites (tertiary alicyclic amines) is 1. The monoisotopic (exact) mass is 196 g/mol. The van der Waals surface area contributed by atoms with Crippen molar-refractivity contribution < 1.29 is 9.59 Å². The lowest BCUT2D eigenvalue weighted by Crippen LogP contribution is -2.34. The van der Waals surface area contributed by atoms with E-state index in [4.69, 9.17) is 5.73 Å². The van der Waals surface area contributed by atoms with Crippen molar-refractivity contribution in [2.75, 3.05) is 13.1 Å². The largest absolute Gasteiger partial charge is 0.369 e. The van der Waals surface area contributed by atoms with E-state index in [9.17, 15) is 9.59 Å². The van der Waals surface area contributed by atoms with Crippen LogP contribution >= 0.6 is 0 Å². The van der Waals surface area contributed by atoms with E-state index in [0.29, 0.717) is 6.42 Å². The molecule has 0 unspecified atom stereocenters. The number of carbonyl (C=O) groups excluding carboxylic acids is 2. The van der Waals surface area contributed by atoms with Crippen molar-refractivity contribution in [2.45, 2.75) is 32.1 Å². The number of amides is 2.